The van der Waals surface area contributed by atoms with Crippen LogP contribution in [0.25, 0.3) is 0 Å². The molecule has 0 aromatic heterocycles. The van der Waals surface area contributed by atoms with Gasteiger partial charge in [-0.25, -0.2) is 8.42 Å². The van der Waals surface area contributed by atoms with Gasteiger partial charge in [-0.05, 0) is 42.3 Å². The first kappa shape index (κ1) is 20.9. The molecule has 0 aliphatic rings. The van der Waals surface area contributed by atoms with Crippen molar-refractivity contribution in [3.63, 3.8) is 0 Å². The number of nitrogens with one attached hydrogen (secondary N) is 2. The fourth-order valence-electron chi connectivity index (χ4n) is 2.70. The maximum Gasteiger partial charge on any atom is 0.243 e. The molecule has 2 rings (SSSR count). The second-order valence-corrected chi connectivity index (χ2v) is 8.11. The Bertz CT molecular complexity index is 860. The van der Waals surface area contributed by atoms with Gasteiger partial charge in [-0.2, -0.15) is 4.31 Å². The lowest BCUT2D eigenvalue weighted by Gasteiger charge is -2.18. The molecular formula is C20H27N3O3S. The summed E-state index contributed by atoms with van der Waals surface area (Å²) in [6.07, 6.45) is 0. The van der Waals surface area contributed by atoms with Gasteiger partial charge in [-0.1, -0.05) is 38.1 Å². The first-order valence-corrected chi connectivity index (χ1v) is 10.5. The van der Waals surface area contributed by atoms with Crippen molar-refractivity contribution >= 4 is 21.6 Å². The van der Waals surface area contributed by atoms with Gasteiger partial charge in [0, 0.05) is 25.3 Å². The molecule has 6 nitrogen and oxygen atoms in total. The molecule has 0 radical (unpaired) electrons. The normalized spacial score (nSPS) is 11.4. The van der Waals surface area contributed by atoms with Crippen LogP contribution in [0, 0.1) is 6.92 Å². The van der Waals surface area contributed by atoms with Gasteiger partial charge in [-0.3, -0.25) is 4.79 Å². The Morgan fingerprint density at radius 2 is 1.63 bits per heavy atom. The highest BCUT2D eigenvalue weighted by Crippen LogP contribution is 2.18. The molecule has 2 aromatic rings. The minimum Gasteiger partial charge on any atom is -0.376 e. The minimum atomic E-state index is -3.47. The first-order chi connectivity index (χ1) is 12.9. The number of aryl methyl sites for hydroxylation is 1. The van der Waals surface area contributed by atoms with Crippen LogP contribution in [-0.4, -0.2) is 38.3 Å². The SMILES string of the molecule is CCN(CC)S(=O)(=O)c1ccc(NCC(=O)NCc2ccccc2C)cc1. The largest absolute Gasteiger partial charge is 0.376 e. The van der Waals surface area contributed by atoms with E-state index in [1.807, 2.05) is 45.0 Å². The Kier molecular flexibility index (Phi) is 7.38. The van der Waals surface area contributed by atoms with E-state index in [2.05, 4.69) is 10.6 Å². The van der Waals surface area contributed by atoms with E-state index in [4.69, 9.17) is 0 Å². The number of rotatable bonds is 9. The number of sulfonamides is 1. The van der Waals surface area contributed by atoms with Crippen molar-refractivity contribution in [1.82, 2.24) is 9.62 Å². The summed E-state index contributed by atoms with van der Waals surface area (Å²) >= 11 is 0. The average Bonchev–Trinajstić information content (AvgIpc) is 2.67. The highest BCUT2D eigenvalue weighted by molar-refractivity contribution is 7.89. The van der Waals surface area contributed by atoms with E-state index in [-0.39, 0.29) is 17.3 Å². The zero-order chi connectivity index (χ0) is 19.9. The first-order valence-electron chi connectivity index (χ1n) is 9.03. The van der Waals surface area contributed by atoms with Gasteiger partial charge in [-0.15, -0.1) is 0 Å². The van der Waals surface area contributed by atoms with Crippen molar-refractivity contribution in [2.24, 2.45) is 0 Å². The van der Waals surface area contributed by atoms with Crippen molar-refractivity contribution in [1.29, 1.82) is 0 Å². The van der Waals surface area contributed by atoms with Gasteiger partial charge >= 0.3 is 0 Å². The maximum absolute atomic E-state index is 12.5. The monoisotopic (exact) mass is 389 g/mol. The third kappa shape index (κ3) is 5.55. The van der Waals surface area contributed by atoms with E-state index in [1.54, 1.807) is 24.3 Å². The third-order valence-corrected chi connectivity index (χ3v) is 6.45. The number of anilines is 1. The summed E-state index contributed by atoms with van der Waals surface area (Å²) in [6.45, 7) is 7.09. The smallest absolute Gasteiger partial charge is 0.243 e. The molecule has 1 amide bonds. The highest BCUT2D eigenvalue weighted by Gasteiger charge is 2.21. The van der Waals surface area contributed by atoms with Crippen LogP contribution in [0.2, 0.25) is 0 Å². The van der Waals surface area contributed by atoms with Crippen molar-refractivity contribution < 1.29 is 13.2 Å². The molecule has 0 saturated heterocycles. The molecule has 0 unspecified atom stereocenters. The fourth-order valence-corrected chi connectivity index (χ4v) is 4.16. The molecular weight excluding hydrogens is 362 g/mol. The van der Waals surface area contributed by atoms with Crippen molar-refractivity contribution in [3.8, 4) is 0 Å². The second kappa shape index (κ2) is 9.53. The van der Waals surface area contributed by atoms with Crippen molar-refractivity contribution in [2.45, 2.75) is 32.2 Å². The Hall–Kier alpha value is -2.38. The highest BCUT2D eigenvalue weighted by atomic mass is 32.2. The molecule has 0 atom stereocenters. The Labute approximate surface area is 161 Å². The summed E-state index contributed by atoms with van der Waals surface area (Å²) in [6, 6.07) is 14.4. The molecule has 0 heterocycles. The van der Waals surface area contributed by atoms with E-state index in [0.717, 1.165) is 11.1 Å². The summed E-state index contributed by atoms with van der Waals surface area (Å²) in [5, 5.41) is 5.88. The van der Waals surface area contributed by atoms with Crippen LogP contribution < -0.4 is 10.6 Å². The number of benzene rings is 2. The fraction of sp³-hybridized carbons (Fsp3) is 0.350. The molecule has 0 bridgehead atoms. The third-order valence-electron chi connectivity index (χ3n) is 4.39. The summed E-state index contributed by atoms with van der Waals surface area (Å²) in [5.74, 6) is -0.127. The van der Waals surface area contributed by atoms with Crippen LogP contribution in [-0.2, 0) is 21.4 Å². The van der Waals surface area contributed by atoms with Gasteiger partial charge in [0.2, 0.25) is 15.9 Å². The average molecular weight is 390 g/mol. The van der Waals surface area contributed by atoms with Crippen LogP contribution in [0.5, 0.6) is 0 Å². The predicted molar refractivity (Wildman–Crippen MR) is 108 cm³/mol. The molecule has 0 fully saturated rings. The summed E-state index contributed by atoms with van der Waals surface area (Å²) in [5.41, 5.74) is 2.91. The molecule has 7 heteroatoms. The number of carbonyl (C=O) groups is 1. The van der Waals surface area contributed by atoms with Crippen LogP contribution >= 0.6 is 0 Å². The molecule has 146 valence electrons. The zero-order valence-electron chi connectivity index (χ0n) is 16.0. The van der Waals surface area contributed by atoms with Crippen LogP contribution in [0.15, 0.2) is 53.4 Å². The number of carbonyl (C=O) groups excluding carboxylic acids is 1. The lowest BCUT2D eigenvalue weighted by atomic mass is 10.1. The van der Waals surface area contributed by atoms with Crippen molar-refractivity contribution in [3.05, 3.63) is 59.7 Å². The van der Waals surface area contributed by atoms with E-state index < -0.39 is 10.0 Å². The van der Waals surface area contributed by atoms with Crippen LogP contribution in [0.3, 0.4) is 0 Å². The van der Waals surface area contributed by atoms with E-state index in [1.165, 1.54) is 4.31 Å². The topological polar surface area (TPSA) is 78.5 Å². The Morgan fingerprint density at radius 1 is 1.00 bits per heavy atom. The lowest BCUT2D eigenvalue weighted by molar-refractivity contribution is -0.119. The van der Waals surface area contributed by atoms with Gasteiger partial charge in [0.25, 0.3) is 0 Å². The number of amides is 1. The Balaban J connectivity index is 1.89. The van der Waals surface area contributed by atoms with Crippen LogP contribution in [0.4, 0.5) is 5.69 Å². The van der Waals surface area contributed by atoms with E-state index in [9.17, 15) is 13.2 Å². The number of hydrogen-bond acceptors (Lipinski definition) is 4. The summed E-state index contributed by atoms with van der Waals surface area (Å²) < 4.78 is 26.3. The maximum atomic E-state index is 12.5. The predicted octanol–water partition coefficient (Wildman–Crippen LogP) is 2.75. The number of hydrogen-bond donors (Lipinski definition) is 2. The Morgan fingerprint density at radius 3 is 2.22 bits per heavy atom. The van der Waals surface area contributed by atoms with E-state index >= 15 is 0 Å². The zero-order valence-corrected chi connectivity index (χ0v) is 16.8. The van der Waals surface area contributed by atoms with Crippen molar-refractivity contribution in [2.75, 3.05) is 25.0 Å². The molecule has 2 N–H and O–H groups in total. The number of nitrogens with zero attached hydrogens (tertiary/aromatic N) is 1. The molecule has 0 spiro atoms. The van der Waals surface area contributed by atoms with E-state index in [0.29, 0.717) is 25.3 Å². The van der Waals surface area contributed by atoms with Gasteiger partial charge in [0.15, 0.2) is 0 Å². The van der Waals surface area contributed by atoms with Crippen LogP contribution in [0.1, 0.15) is 25.0 Å². The van der Waals surface area contributed by atoms with Gasteiger partial charge < -0.3 is 10.6 Å². The van der Waals surface area contributed by atoms with Gasteiger partial charge in [0.05, 0.1) is 11.4 Å². The quantitative estimate of drug-likeness (QED) is 0.691. The molecule has 27 heavy (non-hydrogen) atoms. The van der Waals surface area contributed by atoms with Gasteiger partial charge in [0.1, 0.15) is 0 Å². The second-order valence-electron chi connectivity index (χ2n) is 6.17. The molecule has 0 saturated carbocycles. The molecule has 0 aliphatic carbocycles. The lowest BCUT2D eigenvalue weighted by Crippen LogP contribution is -2.30. The minimum absolute atomic E-state index is 0.119. The standard InChI is InChI=1S/C20H27N3O3S/c1-4-23(5-2)27(25,26)19-12-10-18(11-13-19)21-15-20(24)22-14-17-9-7-6-8-16(17)3/h6-13,21H,4-5,14-15H2,1-3H3,(H,22,24). The molecule has 2 aromatic carbocycles. The molecule has 0 aliphatic heterocycles. The summed E-state index contributed by atoms with van der Waals surface area (Å²) in [7, 11) is -3.47. The summed E-state index contributed by atoms with van der Waals surface area (Å²) in [4.78, 5) is 12.3.